The van der Waals surface area contributed by atoms with E-state index in [2.05, 4.69) is 15.1 Å². The lowest BCUT2D eigenvalue weighted by Gasteiger charge is -2.34. The molecule has 3 rings (SSSR count). The van der Waals surface area contributed by atoms with Gasteiger partial charge >= 0.3 is 0 Å². The molecule has 0 unspecified atom stereocenters. The average molecular weight is 392 g/mol. The second-order valence-electron chi connectivity index (χ2n) is 6.53. The van der Waals surface area contributed by atoms with Crippen LogP contribution in [0, 0.1) is 5.82 Å². The van der Waals surface area contributed by atoms with Crippen LogP contribution in [0.4, 0.5) is 10.1 Å². The van der Waals surface area contributed by atoms with Crippen molar-refractivity contribution in [1.82, 2.24) is 9.80 Å². The third-order valence-electron chi connectivity index (χ3n) is 4.63. The number of methoxy groups -OCH3 is 1. The zero-order valence-corrected chi connectivity index (χ0v) is 16.0. The van der Waals surface area contributed by atoms with Crippen molar-refractivity contribution in [2.24, 2.45) is 0 Å². The van der Waals surface area contributed by atoms with Gasteiger partial charge in [0.1, 0.15) is 11.6 Å². The molecule has 1 amide bonds. The first-order valence-corrected chi connectivity index (χ1v) is 9.24. The van der Waals surface area contributed by atoms with Gasteiger partial charge in [-0.15, -0.1) is 0 Å². The van der Waals surface area contributed by atoms with Gasteiger partial charge in [0, 0.05) is 55.1 Å². The van der Waals surface area contributed by atoms with E-state index in [1.54, 1.807) is 25.3 Å². The largest absolute Gasteiger partial charge is 0.497 e. The molecular formula is C20H23ClFN3O2. The highest BCUT2D eigenvalue weighted by Crippen LogP contribution is 2.21. The Hall–Kier alpha value is -2.15. The molecule has 1 aliphatic rings. The van der Waals surface area contributed by atoms with Crippen molar-refractivity contribution in [3.05, 3.63) is 58.9 Å². The molecule has 0 aliphatic carbocycles. The molecule has 0 atom stereocenters. The summed E-state index contributed by atoms with van der Waals surface area (Å²) < 4.78 is 19.1. The predicted molar refractivity (Wildman–Crippen MR) is 105 cm³/mol. The molecule has 0 saturated carbocycles. The van der Waals surface area contributed by atoms with Crippen molar-refractivity contribution in [3.8, 4) is 5.75 Å². The highest BCUT2D eigenvalue weighted by molar-refractivity contribution is 6.31. The van der Waals surface area contributed by atoms with E-state index in [0.717, 1.165) is 26.2 Å². The fourth-order valence-corrected chi connectivity index (χ4v) is 3.34. The SMILES string of the molecule is COc1cccc(NC(=O)CN2CCN(Cc3c(F)cccc3Cl)CC2)c1. The Bertz CT molecular complexity index is 774. The fraction of sp³-hybridized carbons (Fsp3) is 0.350. The number of nitrogens with zero attached hydrogens (tertiary/aromatic N) is 2. The summed E-state index contributed by atoms with van der Waals surface area (Å²) in [7, 11) is 1.59. The number of ether oxygens (including phenoxy) is 1. The summed E-state index contributed by atoms with van der Waals surface area (Å²) in [5, 5.41) is 3.34. The van der Waals surface area contributed by atoms with Crippen LogP contribution in [-0.4, -0.2) is 55.5 Å². The molecule has 1 N–H and O–H groups in total. The lowest BCUT2D eigenvalue weighted by molar-refractivity contribution is -0.117. The van der Waals surface area contributed by atoms with Crippen LogP contribution in [0.5, 0.6) is 5.75 Å². The van der Waals surface area contributed by atoms with Gasteiger partial charge in [-0.1, -0.05) is 23.7 Å². The minimum Gasteiger partial charge on any atom is -0.497 e. The van der Waals surface area contributed by atoms with E-state index >= 15 is 0 Å². The normalized spacial score (nSPS) is 15.5. The van der Waals surface area contributed by atoms with Crippen molar-refractivity contribution in [2.45, 2.75) is 6.54 Å². The van der Waals surface area contributed by atoms with Gasteiger partial charge < -0.3 is 10.1 Å². The molecule has 0 bridgehead atoms. The van der Waals surface area contributed by atoms with Crippen molar-refractivity contribution >= 4 is 23.2 Å². The van der Waals surface area contributed by atoms with Gasteiger partial charge in [0.05, 0.1) is 13.7 Å². The quantitative estimate of drug-likeness (QED) is 0.821. The first kappa shape index (κ1) is 19.6. The number of carbonyl (C=O) groups is 1. The topological polar surface area (TPSA) is 44.8 Å². The summed E-state index contributed by atoms with van der Waals surface area (Å²) >= 11 is 6.11. The third-order valence-corrected chi connectivity index (χ3v) is 4.98. The van der Waals surface area contributed by atoms with Crippen molar-refractivity contribution in [1.29, 1.82) is 0 Å². The van der Waals surface area contributed by atoms with E-state index in [4.69, 9.17) is 16.3 Å². The summed E-state index contributed by atoms with van der Waals surface area (Å²) in [6, 6.07) is 12.0. The number of carbonyl (C=O) groups excluding carboxylic acids is 1. The Morgan fingerprint density at radius 3 is 2.56 bits per heavy atom. The van der Waals surface area contributed by atoms with Gasteiger partial charge in [0.15, 0.2) is 0 Å². The third kappa shape index (κ3) is 5.42. The number of nitrogens with one attached hydrogen (secondary N) is 1. The van der Waals surface area contributed by atoms with E-state index in [0.29, 0.717) is 35.1 Å². The van der Waals surface area contributed by atoms with Crippen LogP contribution in [0.1, 0.15) is 5.56 Å². The summed E-state index contributed by atoms with van der Waals surface area (Å²) in [4.78, 5) is 16.5. The number of hydrogen-bond acceptors (Lipinski definition) is 4. The smallest absolute Gasteiger partial charge is 0.238 e. The average Bonchev–Trinajstić information content (AvgIpc) is 2.66. The van der Waals surface area contributed by atoms with Gasteiger partial charge in [-0.3, -0.25) is 14.6 Å². The minimum absolute atomic E-state index is 0.0612. The number of benzene rings is 2. The number of amides is 1. The highest BCUT2D eigenvalue weighted by Gasteiger charge is 2.20. The lowest BCUT2D eigenvalue weighted by atomic mass is 10.2. The standard InChI is InChI=1S/C20H23ClFN3O2/c1-27-16-5-2-4-15(12-16)23-20(26)14-25-10-8-24(9-11-25)13-17-18(21)6-3-7-19(17)22/h2-7,12H,8-11,13-14H2,1H3,(H,23,26). The first-order valence-electron chi connectivity index (χ1n) is 8.86. The van der Waals surface area contributed by atoms with E-state index in [1.807, 2.05) is 18.2 Å². The Morgan fingerprint density at radius 1 is 1.15 bits per heavy atom. The Kier molecular flexibility index (Phi) is 6.66. The maximum atomic E-state index is 13.9. The number of hydrogen-bond donors (Lipinski definition) is 1. The van der Waals surface area contributed by atoms with E-state index in [-0.39, 0.29) is 11.7 Å². The van der Waals surface area contributed by atoms with Crippen LogP contribution in [0.3, 0.4) is 0 Å². The lowest BCUT2D eigenvalue weighted by Crippen LogP contribution is -2.48. The zero-order valence-electron chi connectivity index (χ0n) is 15.3. The van der Waals surface area contributed by atoms with E-state index in [9.17, 15) is 9.18 Å². The number of anilines is 1. The van der Waals surface area contributed by atoms with Gasteiger partial charge in [-0.25, -0.2) is 4.39 Å². The Balaban J connectivity index is 1.47. The minimum atomic E-state index is -0.275. The van der Waals surface area contributed by atoms with Crippen molar-refractivity contribution in [3.63, 3.8) is 0 Å². The van der Waals surface area contributed by atoms with E-state index in [1.165, 1.54) is 6.07 Å². The summed E-state index contributed by atoms with van der Waals surface area (Å²) in [5.41, 5.74) is 1.25. The Morgan fingerprint density at radius 2 is 1.85 bits per heavy atom. The molecule has 1 aliphatic heterocycles. The molecule has 144 valence electrons. The monoisotopic (exact) mass is 391 g/mol. The molecule has 1 saturated heterocycles. The molecule has 2 aromatic rings. The van der Waals surface area contributed by atoms with Crippen LogP contribution < -0.4 is 10.1 Å². The van der Waals surface area contributed by atoms with Crippen LogP contribution in [0.15, 0.2) is 42.5 Å². The molecule has 0 aromatic heterocycles. The second kappa shape index (κ2) is 9.17. The van der Waals surface area contributed by atoms with E-state index < -0.39 is 0 Å². The van der Waals surface area contributed by atoms with Crippen LogP contribution in [0.2, 0.25) is 5.02 Å². The molecule has 1 heterocycles. The van der Waals surface area contributed by atoms with Crippen LogP contribution in [0.25, 0.3) is 0 Å². The molecule has 2 aromatic carbocycles. The van der Waals surface area contributed by atoms with Crippen LogP contribution in [-0.2, 0) is 11.3 Å². The fourth-order valence-electron chi connectivity index (χ4n) is 3.12. The predicted octanol–water partition coefficient (Wildman–Crippen LogP) is 3.24. The van der Waals surface area contributed by atoms with Crippen molar-refractivity contribution in [2.75, 3.05) is 45.2 Å². The number of piperazine rings is 1. The number of halogens is 2. The summed E-state index contributed by atoms with van der Waals surface area (Å²) in [6.45, 7) is 3.82. The Labute approximate surface area is 163 Å². The molecule has 0 spiro atoms. The summed E-state index contributed by atoms with van der Waals surface area (Å²) in [5.74, 6) is 0.365. The van der Waals surface area contributed by atoms with Crippen molar-refractivity contribution < 1.29 is 13.9 Å². The van der Waals surface area contributed by atoms with Gasteiger partial charge in [0.2, 0.25) is 5.91 Å². The molecule has 0 radical (unpaired) electrons. The second-order valence-corrected chi connectivity index (χ2v) is 6.94. The summed E-state index contributed by atoms with van der Waals surface area (Å²) in [6.07, 6.45) is 0. The molecule has 1 fully saturated rings. The molecule has 27 heavy (non-hydrogen) atoms. The maximum absolute atomic E-state index is 13.9. The number of rotatable bonds is 6. The molecular weight excluding hydrogens is 369 g/mol. The van der Waals surface area contributed by atoms with Gasteiger partial charge in [-0.2, -0.15) is 0 Å². The zero-order chi connectivity index (χ0) is 19.2. The van der Waals surface area contributed by atoms with Crippen LogP contribution >= 0.6 is 11.6 Å². The maximum Gasteiger partial charge on any atom is 0.238 e. The van der Waals surface area contributed by atoms with Gasteiger partial charge in [0.25, 0.3) is 0 Å². The first-order chi connectivity index (χ1) is 13.0. The highest BCUT2D eigenvalue weighted by atomic mass is 35.5. The molecule has 5 nitrogen and oxygen atoms in total. The van der Waals surface area contributed by atoms with Gasteiger partial charge in [-0.05, 0) is 24.3 Å². The molecule has 7 heteroatoms.